The van der Waals surface area contributed by atoms with Crippen molar-refractivity contribution in [3.8, 4) is 0 Å². The summed E-state index contributed by atoms with van der Waals surface area (Å²) in [6, 6.07) is 10.9. The lowest BCUT2D eigenvalue weighted by Gasteiger charge is -2.23. The fraction of sp³-hybridized carbons (Fsp3) is 0.211. The Morgan fingerprint density at radius 1 is 1.27 bits per heavy atom. The van der Waals surface area contributed by atoms with Gasteiger partial charge in [0.15, 0.2) is 0 Å². The number of nitrogens with zero attached hydrogens (tertiary/aromatic N) is 3. The number of carbonyl (C=O) groups excluding carboxylic acids is 1. The van der Waals surface area contributed by atoms with Crippen molar-refractivity contribution in [1.29, 1.82) is 0 Å². The number of rotatable bonds is 2. The van der Waals surface area contributed by atoms with Crippen molar-refractivity contribution in [2.75, 3.05) is 4.90 Å². The second-order valence-electron chi connectivity index (χ2n) is 6.41. The third-order valence-corrected chi connectivity index (χ3v) is 5.13. The molecule has 2 aromatic carbocycles. The molecule has 0 aliphatic carbocycles. The standard InChI is InChI=1S/C19H15Cl2N3O2/c1-11-6-12-4-2-3-5-16(12)24(11)17(25)9-23-10-22-18-14(19(23)26)7-13(20)8-15(18)21/h2-5,7-8,10-11H,6,9H2,1H3/t11-/m1/s1. The first-order valence-corrected chi connectivity index (χ1v) is 8.95. The molecule has 1 atom stereocenters. The number of benzene rings is 2. The van der Waals surface area contributed by atoms with Crippen LogP contribution in [0.25, 0.3) is 10.9 Å². The molecule has 1 amide bonds. The summed E-state index contributed by atoms with van der Waals surface area (Å²) in [4.78, 5) is 31.6. The zero-order valence-corrected chi connectivity index (χ0v) is 15.5. The largest absolute Gasteiger partial charge is 0.307 e. The Morgan fingerprint density at radius 2 is 2.04 bits per heavy atom. The van der Waals surface area contributed by atoms with Crippen LogP contribution in [0.5, 0.6) is 0 Å². The third-order valence-electron chi connectivity index (χ3n) is 4.63. The van der Waals surface area contributed by atoms with E-state index in [9.17, 15) is 9.59 Å². The van der Waals surface area contributed by atoms with E-state index in [1.54, 1.807) is 4.90 Å². The highest BCUT2D eigenvalue weighted by atomic mass is 35.5. The van der Waals surface area contributed by atoms with Gasteiger partial charge in [0.2, 0.25) is 5.91 Å². The molecule has 0 saturated heterocycles. The SMILES string of the molecule is C[C@@H]1Cc2ccccc2N1C(=O)Cn1cnc2c(Cl)cc(Cl)cc2c1=O. The Bertz CT molecular complexity index is 1090. The molecular weight excluding hydrogens is 373 g/mol. The van der Waals surface area contributed by atoms with Gasteiger partial charge in [-0.05, 0) is 37.1 Å². The van der Waals surface area contributed by atoms with Crippen LogP contribution in [0.3, 0.4) is 0 Å². The Balaban J connectivity index is 1.71. The van der Waals surface area contributed by atoms with Gasteiger partial charge in [0.25, 0.3) is 5.56 Å². The summed E-state index contributed by atoms with van der Waals surface area (Å²) in [6.07, 6.45) is 2.16. The fourth-order valence-electron chi connectivity index (χ4n) is 3.47. The molecule has 0 saturated carbocycles. The predicted octanol–water partition coefficient (Wildman–Crippen LogP) is 3.68. The van der Waals surface area contributed by atoms with Crippen LogP contribution in [0.15, 0.2) is 47.5 Å². The van der Waals surface area contributed by atoms with Gasteiger partial charge in [-0.3, -0.25) is 14.2 Å². The molecule has 4 rings (SSSR count). The van der Waals surface area contributed by atoms with Gasteiger partial charge in [-0.1, -0.05) is 41.4 Å². The molecule has 0 unspecified atom stereocenters. The van der Waals surface area contributed by atoms with Crippen LogP contribution in [0.4, 0.5) is 5.69 Å². The smallest absolute Gasteiger partial charge is 0.261 e. The highest BCUT2D eigenvalue weighted by Gasteiger charge is 2.30. The van der Waals surface area contributed by atoms with E-state index in [0.29, 0.717) is 20.9 Å². The van der Waals surface area contributed by atoms with Crippen LogP contribution in [-0.2, 0) is 17.8 Å². The van der Waals surface area contributed by atoms with Gasteiger partial charge in [0, 0.05) is 16.8 Å². The van der Waals surface area contributed by atoms with Crippen LogP contribution in [0, 0.1) is 0 Å². The lowest BCUT2D eigenvalue weighted by molar-refractivity contribution is -0.119. The quantitative estimate of drug-likeness (QED) is 0.673. The average molecular weight is 388 g/mol. The summed E-state index contributed by atoms with van der Waals surface area (Å²) < 4.78 is 1.30. The van der Waals surface area contributed by atoms with Crippen molar-refractivity contribution in [1.82, 2.24) is 9.55 Å². The van der Waals surface area contributed by atoms with Crippen molar-refractivity contribution in [2.24, 2.45) is 0 Å². The van der Waals surface area contributed by atoms with Gasteiger partial charge in [-0.25, -0.2) is 4.98 Å². The van der Waals surface area contributed by atoms with E-state index in [0.717, 1.165) is 17.7 Å². The van der Waals surface area contributed by atoms with E-state index in [-0.39, 0.29) is 24.1 Å². The number of anilines is 1. The molecule has 0 N–H and O–H groups in total. The number of hydrogen-bond donors (Lipinski definition) is 0. The van der Waals surface area contributed by atoms with Gasteiger partial charge in [0.05, 0.1) is 22.3 Å². The number of para-hydroxylation sites is 1. The van der Waals surface area contributed by atoms with Crippen molar-refractivity contribution >= 4 is 45.7 Å². The minimum absolute atomic E-state index is 0.0490. The first-order valence-electron chi connectivity index (χ1n) is 8.20. The van der Waals surface area contributed by atoms with Crippen LogP contribution < -0.4 is 10.5 Å². The minimum Gasteiger partial charge on any atom is -0.307 e. The second-order valence-corrected chi connectivity index (χ2v) is 7.25. The Morgan fingerprint density at radius 3 is 2.85 bits per heavy atom. The molecular formula is C19H15Cl2N3O2. The van der Waals surface area contributed by atoms with E-state index in [1.807, 2.05) is 31.2 Å². The van der Waals surface area contributed by atoms with Gasteiger partial charge >= 0.3 is 0 Å². The van der Waals surface area contributed by atoms with E-state index in [1.165, 1.54) is 23.0 Å². The topological polar surface area (TPSA) is 55.2 Å². The molecule has 0 radical (unpaired) electrons. The van der Waals surface area contributed by atoms with Crippen LogP contribution in [-0.4, -0.2) is 21.5 Å². The van der Waals surface area contributed by atoms with Gasteiger partial charge in [-0.15, -0.1) is 0 Å². The molecule has 7 heteroatoms. The first-order chi connectivity index (χ1) is 12.5. The summed E-state index contributed by atoms with van der Waals surface area (Å²) in [6.45, 7) is 1.91. The minimum atomic E-state index is -0.340. The molecule has 0 fully saturated rings. The molecule has 3 aromatic rings. The molecule has 26 heavy (non-hydrogen) atoms. The van der Waals surface area contributed by atoms with Crippen molar-refractivity contribution in [3.63, 3.8) is 0 Å². The average Bonchev–Trinajstić information content (AvgIpc) is 2.93. The molecule has 5 nitrogen and oxygen atoms in total. The van der Waals surface area contributed by atoms with Crippen molar-refractivity contribution in [2.45, 2.75) is 25.9 Å². The molecule has 1 aromatic heterocycles. The second kappa shape index (κ2) is 6.41. The van der Waals surface area contributed by atoms with E-state index in [2.05, 4.69) is 4.98 Å². The van der Waals surface area contributed by atoms with Crippen LogP contribution in [0.1, 0.15) is 12.5 Å². The Hall–Kier alpha value is -2.37. The summed E-state index contributed by atoms with van der Waals surface area (Å²) in [7, 11) is 0. The maximum Gasteiger partial charge on any atom is 0.261 e. The fourth-order valence-corrected chi connectivity index (χ4v) is 4.02. The third kappa shape index (κ3) is 2.77. The van der Waals surface area contributed by atoms with E-state index >= 15 is 0 Å². The highest BCUT2D eigenvalue weighted by Crippen LogP contribution is 2.32. The molecule has 0 bridgehead atoms. The normalized spacial score (nSPS) is 16.1. The summed E-state index contributed by atoms with van der Waals surface area (Å²) >= 11 is 12.1. The summed E-state index contributed by atoms with van der Waals surface area (Å²) in [5, 5.41) is 0.963. The van der Waals surface area contributed by atoms with E-state index < -0.39 is 0 Å². The maximum atomic E-state index is 12.9. The van der Waals surface area contributed by atoms with Gasteiger partial charge in [0.1, 0.15) is 6.54 Å². The maximum absolute atomic E-state index is 12.9. The molecule has 0 spiro atoms. The Labute approximate surface area is 159 Å². The number of fused-ring (bicyclic) bond motifs is 2. The molecule has 1 aliphatic heterocycles. The lowest BCUT2D eigenvalue weighted by atomic mass is 10.1. The first kappa shape index (κ1) is 17.1. The van der Waals surface area contributed by atoms with Gasteiger partial charge in [-0.2, -0.15) is 0 Å². The van der Waals surface area contributed by atoms with Crippen LogP contribution in [0.2, 0.25) is 10.0 Å². The summed E-state index contributed by atoms with van der Waals surface area (Å²) in [5.74, 6) is -0.154. The number of amides is 1. The highest BCUT2D eigenvalue weighted by molar-refractivity contribution is 6.38. The number of carbonyl (C=O) groups is 1. The van der Waals surface area contributed by atoms with Crippen molar-refractivity contribution in [3.05, 3.63) is 68.7 Å². The van der Waals surface area contributed by atoms with Crippen molar-refractivity contribution < 1.29 is 4.79 Å². The number of aromatic nitrogens is 2. The zero-order valence-electron chi connectivity index (χ0n) is 13.9. The number of hydrogen-bond acceptors (Lipinski definition) is 3. The lowest BCUT2D eigenvalue weighted by Crippen LogP contribution is -2.40. The number of halogens is 2. The molecule has 1 aliphatic rings. The van der Waals surface area contributed by atoms with Crippen LogP contribution >= 0.6 is 23.2 Å². The Kier molecular flexibility index (Phi) is 4.21. The van der Waals surface area contributed by atoms with E-state index in [4.69, 9.17) is 23.2 Å². The predicted molar refractivity (Wildman–Crippen MR) is 103 cm³/mol. The zero-order chi connectivity index (χ0) is 18.4. The monoisotopic (exact) mass is 387 g/mol. The summed E-state index contributed by atoms with van der Waals surface area (Å²) in [5.41, 5.74) is 2.08. The molecule has 132 valence electrons. The van der Waals surface area contributed by atoms with Gasteiger partial charge < -0.3 is 4.90 Å². The molecule has 2 heterocycles.